The maximum atomic E-state index is 13.4. The van der Waals surface area contributed by atoms with Gasteiger partial charge in [0.25, 0.3) is 11.8 Å². The maximum absolute atomic E-state index is 13.4. The van der Waals surface area contributed by atoms with Crippen LogP contribution < -0.4 is 10.6 Å². The molecular weight excluding hydrogens is 508 g/mol. The number of amides is 3. The lowest BCUT2D eigenvalue weighted by atomic mass is 10.1. The molecule has 0 saturated heterocycles. The van der Waals surface area contributed by atoms with Gasteiger partial charge in [-0.2, -0.15) is 5.10 Å². The van der Waals surface area contributed by atoms with Crippen molar-refractivity contribution in [2.75, 3.05) is 18.7 Å². The van der Waals surface area contributed by atoms with E-state index in [4.69, 9.17) is 4.74 Å². The third-order valence-corrected chi connectivity index (χ3v) is 6.20. The van der Waals surface area contributed by atoms with E-state index in [-0.39, 0.29) is 17.5 Å². The predicted molar refractivity (Wildman–Crippen MR) is 139 cm³/mol. The van der Waals surface area contributed by atoms with Crippen molar-refractivity contribution in [2.24, 2.45) is 0 Å². The molecule has 39 heavy (non-hydrogen) atoms. The average molecular weight is 539 g/mol. The predicted octanol–water partition coefficient (Wildman–Crippen LogP) is 2.46. The zero-order valence-corrected chi connectivity index (χ0v) is 22.1. The Morgan fingerprint density at radius 3 is 2.62 bits per heavy atom. The molecule has 1 aromatic carbocycles. The van der Waals surface area contributed by atoms with Gasteiger partial charge < -0.3 is 25.2 Å². The Kier molecular flexibility index (Phi) is 8.10. The van der Waals surface area contributed by atoms with E-state index in [1.54, 1.807) is 35.8 Å². The molecule has 206 valence electrons. The van der Waals surface area contributed by atoms with E-state index >= 15 is 0 Å². The lowest BCUT2D eigenvalue weighted by Gasteiger charge is -2.21. The highest BCUT2D eigenvalue weighted by Gasteiger charge is 2.39. The number of anilines is 2. The molecule has 0 bridgehead atoms. The Hall–Kier alpha value is -4.52. The SMILES string of the molecule is CCNC(=O)c1cn2ncnc(Nc3cc(C(=O)N(C(=O)OCOC(=O)C(C)O)C4CC4)ccc3C)c2c1C. The first-order valence-electron chi connectivity index (χ1n) is 12.5. The molecule has 0 radical (unpaired) electrons. The number of esters is 1. The Labute approximate surface area is 224 Å². The fourth-order valence-electron chi connectivity index (χ4n) is 3.95. The molecule has 2 aromatic heterocycles. The summed E-state index contributed by atoms with van der Waals surface area (Å²) < 4.78 is 11.2. The number of carbonyl (C=O) groups is 4. The molecule has 0 spiro atoms. The summed E-state index contributed by atoms with van der Waals surface area (Å²) in [4.78, 5) is 55.3. The number of aliphatic hydroxyl groups excluding tert-OH is 1. The van der Waals surface area contributed by atoms with Gasteiger partial charge in [0.1, 0.15) is 17.9 Å². The van der Waals surface area contributed by atoms with Crippen molar-refractivity contribution in [1.82, 2.24) is 24.8 Å². The number of hydrogen-bond acceptors (Lipinski definition) is 10. The summed E-state index contributed by atoms with van der Waals surface area (Å²) in [5, 5.41) is 19.4. The van der Waals surface area contributed by atoms with Crippen molar-refractivity contribution in [3.8, 4) is 0 Å². The van der Waals surface area contributed by atoms with Gasteiger partial charge in [0.2, 0.25) is 6.79 Å². The highest BCUT2D eigenvalue weighted by molar-refractivity contribution is 6.04. The minimum Gasteiger partial charge on any atom is -0.426 e. The third-order valence-electron chi connectivity index (χ3n) is 6.20. The summed E-state index contributed by atoms with van der Waals surface area (Å²) >= 11 is 0. The number of rotatable bonds is 9. The number of aliphatic hydroxyl groups is 1. The van der Waals surface area contributed by atoms with Crippen molar-refractivity contribution < 1.29 is 33.8 Å². The van der Waals surface area contributed by atoms with Gasteiger partial charge in [0.15, 0.2) is 5.82 Å². The molecule has 3 amide bonds. The minimum atomic E-state index is -1.37. The van der Waals surface area contributed by atoms with Crippen LogP contribution in [0.1, 0.15) is 58.5 Å². The summed E-state index contributed by atoms with van der Waals surface area (Å²) in [6.07, 6.45) is 1.94. The van der Waals surface area contributed by atoms with Crippen LogP contribution in [0.25, 0.3) is 5.52 Å². The largest absolute Gasteiger partial charge is 0.426 e. The first kappa shape index (κ1) is 27.5. The molecule has 1 fully saturated rings. The van der Waals surface area contributed by atoms with Crippen LogP contribution >= 0.6 is 0 Å². The molecule has 1 aliphatic rings. The molecule has 1 saturated carbocycles. The summed E-state index contributed by atoms with van der Waals surface area (Å²) in [5.41, 5.74) is 3.36. The first-order valence-corrected chi connectivity index (χ1v) is 12.5. The number of fused-ring (bicyclic) bond motifs is 1. The van der Waals surface area contributed by atoms with Gasteiger partial charge in [0.05, 0.1) is 5.56 Å². The zero-order chi connectivity index (χ0) is 28.3. The number of nitrogens with one attached hydrogen (secondary N) is 2. The van der Waals surface area contributed by atoms with Gasteiger partial charge in [-0.25, -0.2) is 24.0 Å². The van der Waals surface area contributed by atoms with E-state index in [1.807, 2.05) is 13.8 Å². The third kappa shape index (κ3) is 5.98. The summed E-state index contributed by atoms with van der Waals surface area (Å²) in [6, 6.07) is 4.62. The van der Waals surface area contributed by atoms with Gasteiger partial charge in [0, 0.05) is 30.0 Å². The van der Waals surface area contributed by atoms with Crippen LogP contribution in [0.5, 0.6) is 0 Å². The second kappa shape index (κ2) is 11.5. The van der Waals surface area contributed by atoms with Gasteiger partial charge in [-0.1, -0.05) is 6.07 Å². The molecule has 3 N–H and O–H groups in total. The molecule has 2 heterocycles. The minimum absolute atomic E-state index is 0.220. The van der Waals surface area contributed by atoms with E-state index in [0.29, 0.717) is 47.5 Å². The van der Waals surface area contributed by atoms with E-state index in [1.165, 1.54) is 13.3 Å². The molecule has 1 atom stereocenters. The molecule has 1 aliphatic carbocycles. The molecule has 0 aliphatic heterocycles. The van der Waals surface area contributed by atoms with E-state index in [0.717, 1.165) is 10.5 Å². The smallest absolute Gasteiger partial charge is 0.419 e. The van der Waals surface area contributed by atoms with Crippen LogP contribution in [0.3, 0.4) is 0 Å². The number of carbonyl (C=O) groups excluding carboxylic acids is 4. The van der Waals surface area contributed by atoms with E-state index < -0.39 is 30.9 Å². The Morgan fingerprint density at radius 2 is 1.95 bits per heavy atom. The zero-order valence-electron chi connectivity index (χ0n) is 22.1. The van der Waals surface area contributed by atoms with E-state index in [9.17, 15) is 24.3 Å². The number of aryl methyl sites for hydroxylation is 2. The van der Waals surface area contributed by atoms with E-state index in [2.05, 4.69) is 25.5 Å². The highest BCUT2D eigenvalue weighted by atomic mass is 16.7. The topological polar surface area (TPSA) is 164 Å². The standard InChI is InChI=1S/C26H30N6O7/c1-5-27-23(34)19-11-31-21(15(19)3)22(28-12-29-31)30-20-10-17(7-6-14(20)2)24(35)32(18-8-9-18)26(37)39-13-38-25(36)16(4)33/h6-7,10-12,16,18,33H,5,8-9,13H2,1-4H3,(H,27,34)(H,28,29,30). The fourth-order valence-corrected chi connectivity index (χ4v) is 3.95. The fraction of sp³-hybridized carbons (Fsp3) is 0.385. The van der Waals surface area contributed by atoms with Crippen molar-refractivity contribution in [3.05, 3.63) is 53.0 Å². The number of benzene rings is 1. The second-order valence-corrected chi connectivity index (χ2v) is 9.16. The van der Waals surface area contributed by atoms with Crippen molar-refractivity contribution in [2.45, 2.75) is 52.7 Å². The Bertz CT molecular complexity index is 1430. The summed E-state index contributed by atoms with van der Waals surface area (Å²) in [6.45, 7) is 6.48. The molecule has 4 rings (SSSR count). The molecule has 3 aromatic rings. The van der Waals surface area contributed by atoms with Gasteiger partial charge in [-0.3, -0.25) is 9.59 Å². The van der Waals surface area contributed by atoms with Crippen LogP contribution in [-0.4, -0.2) is 74.0 Å². The lowest BCUT2D eigenvalue weighted by Crippen LogP contribution is -2.39. The molecular formula is C26H30N6O7. The number of nitrogens with zero attached hydrogens (tertiary/aromatic N) is 4. The van der Waals surface area contributed by atoms with Crippen LogP contribution in [0, 0.1) is 13.8 Å². The quantitative estimate of drug-likeness (QED) is 0.272. The number of ether oxygens (including phenoxy) is 2. The average Bonchev–Trinajstić information content (AvgIpc) is 3.67. The monoisotopic (exact) mass is 538 g/mol. The van der Waals surface area contributed by atoms with Gasteiger partial charge >= 0.3 is 12.1 Å². The van der Waals surface area contributed by atoms with Crippen molar-refractivity contribution in [3.63, 3.8) is 0 Å². The van der Waals surface area contributed by atoms with Crippen LogP contribution in [0.15, 0.2) is 30.7 Å². The van der Waals surface area contributed by atoms with Crippen molar-refractivity contribution in [1.29, 1.82) is 0 Å². The molecule has 13 nitrogen and oxygen atoms in total. The summed E-state index contributed by atoms with van der Waals surface area (Å²) in [5.74, 6) is -1.30. The van der Waals surface area contributed by atoms with Gasteiger partial charge in [-0.15, -0.1) is 0 Å². The Balaban J connectivity index is 1.57. The highest BCUT2D eigenvalue weighted by Crippen LogP contribution is 2.31. The van der Waals surface area contributed by atoms with Crippen LogP contribution in [0.4, 0.5) is 16.3 Å². The lowest BCUT2D eigenvalue weighted by molar-refractivity contribution is -0.161. The number of aromatic nitrogens is 3. The number of hydrogen-bond donors (Lipinski definition) is 3. The second-order valence-electron chi connectivity index (χ2n) is 9.16. The first-order chi connectivity index (χ1) is 18.6. The van der Waals surface area contributed by atoms with Crippen LogP contribution in [0.2, 0.25) is 0 Å². The van der Waals surface area contributed by atoms with Crippen molar-refractivity contribution >= 4 is 40.9 Å². The van der Waals surface area contributed by atoms with Crippen LogP contribution in [-0.2, 0) is 14.3 Å². The Morgan fingerprint density at radius 1 is 1.21 bits per heavy atom. The maximum Gasteiger partial charge on any atom is 0.419 e. The molecule has 1 unspecified atom stereocenters. The summed E-state index contributed by atoms with van der Waals surface area (Å²) in [7, 11) is 0. The molecule has 13 heteroatoms. The normalized spacial score (nSPS) is 13.5. The van der Waals surface area contributed by atoms with Gasteiger partial charge in [-0.05, 0) is 63.8 Å². The number of imide groups is 1.